The van der Waals surface area contributed by atoms with Crippen molar-refractivity contribution in [3.05, 3.63) is 29.3 Å². The maximum absolute atomic E-state index is 12.5. The van der Waals surface area contributed by atoms with E-state index in [9.17, 15) is 4.79 Å². The lowest BCUT2D eigenvalue weighted by molar-refractivity contribution is -0.140. The Kier molecular flexibility index (Phi) is 5.24. The summed E-state index contributed by atoms with van der Waals surface area (Å²) in [5.41, 5.74) is 3.12. The number of morpholine rings is 1. The topological polar surface area (TPSA) is 41.6 Å². The van der Waals surface area contributed by atoms with E-state index in [1.807, 2.05) is 32.0 Å². The first-order valence-electron chi connectivity index (χ1n) is 8.08. The number of nitrogens with one attached hydrogen (secondary N) is 1. The van der Waals surface area contributed by atoms with Gasteiger partial charge in [0.05, 0.1) is 18.8 Å². The Hall–Kier alpha value is -1.39. The molecule has 4 atom stereocenters. The molecule has 0 aromatic heterocycles. The van der Waals surface area contributed by atoms with Crippen molar-refractivity contribution in [2.45, 2.75) is 65.8 Å². The molecule has 1 aliphatic rings. The second kappa shape index (κ2) is 6.80. The molecule has 0 spiro atoms. The number of rotatable bonds is 3. The van der Waals surface area contributed by atoms with Crippen LogP contribution in [0.15, 0.2) is 18.2 Å². The van der Waals surface area contributed by atoms with Crippen molar-refractivity contribution < 1.29 is 9.53 Å². The van der Waals surface area contributed by atoms with Gasteiger partial charge in [0.25, 0.3) is 0 Å². The quantitative estimate of drug-likeness (QED) is 0.933. The lowest BCUT2D eigenvalue weighted by Gasteiger charge is -2.45. The molecule has 22 heavy (non-hydrogen) atoms. The maximum atomic E-state index is 12.5. The molecule has 1 aromatic carbocycles. The molecule has 0 saturated carbocycles. The first kappa shape index (κ1) is 17.0. The number of para-hydroxylation sites is 1. The zero-order valence-electron chi connectivity index (χ0n) is 14.5. The minimum Gasteiger partial charge on any atom is -0.372 e. The fraction of sp³-hybridized carbons (Fsp3) is 0.611. The van der Waals surface area contributed by atoms with Crippen LogP contribution in [-0.2, 0) is 9.53 Å². The summed E-state index contributed by atoms with van der Waals surface area (Å²) in [6.07, 6.45) is 0.276. The third kappa shape index (κ3) is 3.50. The second-order valence-electron chi connectivity index (χ2n) is 6.51. The van der Waals surface area contributed by atoms with Gasteiger partial charge in [-0.15, -0.1) is 0 Å². The predicted molar refractivity (Wildman–Crippen MR) is 90.2 cm³/mol. The van der Waals surface area contributed by atoms with Crippen LogP contribution in [0.5, 0.6) is 0 Å². The Balaban J connectivity index is 2.08. The van der Waals surface area contributed by atoms with Gasteiger partial charge in [-0.1, -0.05) is 18.2 Å². The van der Waals surface area contributed by atoms with E-state index in [0.717, 1.165) is 16.8 Å². The molecule has 1 saturated heterocycles. The van der Waals surface area contributed by atoms with E-state index in [2.05, 4.69) is 37.9 Å². The van der Waals surface area contributed by atoms with Gasteiger partial charge < -0.3 is 10.1 Å². The van der Waals surface area contributed by atoms with Gasteiger partial charge in [-0.25, -0.2) is 0 Å². The van der Waals surface area contributed by atoms with E-state index in [1.165, 1.54) is 0 Å². The molecule has 2 rings (SSSR count). The SMILES string of the molecule is Cc1cccc(C)c1NC(=O)CN1C(C)C(C)OC(C)C1C. The zero-order chi connectivity index (χ0) is 16.4. The molecule has 4 nitrogen and oxygen atoms in total. The molecule has 1 aliphatic heterocycles. The first-order valence-corrected chi connectivity index (χ1v) is 8.08. The van der Waals surface area contributed by atoms with E-state index in [1.54, 1.807) is 0 Å². The van der Waals surface area contributed by atoms with Crippen molar-refractivity contribution in [2.24, 2.45) is 0 Å². The summed E-state index contributed by atoms with van der Waals surface area (Å²) >= 11 is 0. The Labute approximate surface area is 133 Å². The zero-order valence-corrected chi connectivity index (χ0v) is 14.5. The molecule has 0 radical (unpaired) electrons. The van der Waals surface area contributed by atoms with Crippen molar-refractivity contribution in [3.8, 4) is 0 Å². The van der Waals surface area contributed by atoms with Crippen LogP contribution in [0.1, 0.15) is 38.8 Å². The average Bonchev–Trinajstić information content (AvgIpc) is 2.45. The number of aryl methyl sites for hydroxylation is 2. The molecule has 0 bridgehead atoms. The highest BCUT2D eigenvalue weighted by atomic mass is 16.5. The molecule has 0 aliphatic carbocycles. The third-order valence-corrected chi connectivity index (χ3v) is 4.91. The highest BCUT2D eigenvalue weighted by molar-refractivity contribution is 5.93. The normalized spacial score (nSPS) is 29.4. The van der Waals surface area contributed by atoms with Crippen LogP contribution in [0.25, 0.3) is 0 Å². The summed E-state index contributed by atoms with van der Waals surface area (Å²) in [6, 6.07) is 6.51. The molecule has 1 heterocycles. The van der Waals surface area contributed by atoms with Crippen molar-refractivity contribution >= 4 is 11.6 Å². The number of benzene rings is 1. The summed E-state index contributed by atoms with van der Waals surface area (Å²) in [5, 5.41) is 3.08. The van der Waals surface area contributed by atoms with Crippen LogP contribution >= 0.6 is 0 Å². The Morgan fingerprint density at radius 1 is 1.09 bits per heavy atom. The highest BCUT2D eigenvalue weighted by Gasteiger charge is 2.36. The van der Waals surface area contributed by atoms with Crippen molar-refractivity contribution in [1.29, 1.82) is 0 Å². The van der Waals surface area contributed by atoms with Gasteiger partial charge in [-0.3, -0.25) is 9.69 Å². The van der Waals surface area contributed by atoms with E-state index in [-0.39, 0.29) is 30.2 Å². The molecule has 1 aromatic rings. The molecule has 4 unspecified atom stereocenters. The Morgan fingerprint density at radius 2 is 1.59 bits per heavy atom. The molecule has 122 valence electrons. The Bertz CT molecular complexity index is 510. The fourth-order valence-electron chi connectivity index (χ4n) is 3.12. The minimum absolute atomic E-state index is 0.0393. The summed E-state index contributed by atoms with van der Waals surface area (Å²) in [5.74, 6) is 0.0393. The van der Waals surface area contributed by atoms with Crippen molar-refractivity contribution in [3.63, 3.8) is 0 Å². The minimum atomic E-state index is 0.0393. The smallest absolute Gasteiger partial charge is 0.238 e. The first-order chi connectivity index (χ1) is 10.3. The van der Waals surface area contributed by atoms with Crippen LogP contribution in [0, 0.1) is 13.8 Å². The number of amides is 1. The lowest BCUT2D eigenvalue weighted by Crippen LogP contribution is -2.58. The predicted octanol–water partition coefficient (Wildman–Crippen LogP) is 3.13. The molecular weight excluding hydrogens is 276 g/mol. The highest BCUT2D eigenvalue weighted by Crippen LogP contribution is 2.24. The largest absolute Gasteiger partial charge is 0.372 e. The van der Waals surface area contributed by atoms with Crippen molar-refractivity contribution in [2.75, 3.05) is 11.9 Å². The lowest BCUT2D eigenvalue weighted by atomic mass is 10.0. The van der Waals surface area contributed by atoms with Gasteiger partial charge in [0.2, 0.25) is 5.91 Å². The third-order valence-electron chi connectivity index (χ3n) is 4.91. The number of ether oxygens (including phenoxy) is 1. The number of nitrogens with zero attached hydrogens (tertiary/aromatic N) is 1. The summed E-state index contributed by atoms with van der Waals surface area (Å²) in [6.45, 7) is 12.8. The summed E-state index contributed by atoms with van der Waals surface area (Å²) in [7, 11) is 0. The molecule has 1 fully saturated rings. The van der Waals surface area contributed by atoms with E-state index in [4.69, 9.17) is 4.74 Å². The van der Waals surface area contributed by atoms with Gasteiger partial charge >= 0.3 is 0 Å². The summed E-state index contributed by atoms with van der Waals surface area (Å²) < 4.78 is 5.91. The van der Waals surface area contributed by atoms with Gasteiger partial charge in [-0.2, -0.15) is 0 Å². The fourth-order valence-corrected chi connectivity index (χ4v) is 3.12. The van der Waals surface area contributed by atoms with Crippen LogP contribution in [0.4, 0.5) is 5.69 Å². The maximum Gasteiger partial charge on any atom is 0.238 e. The molecule has 4 heteroatoms. The van der Waals surface area contributed by atoms with Crippen LogP contribution in [-0.4, -0.2) is 41.6 Å². The number of hydrogen-bond acceptors (Lipinski definition) is 3. The number of carbonyl (C=O) groups is 1. The Morgan fingerprint density at radius 3 is 2.09 bits per heavy atom. The number of anilines is 1. The van der Waals surface area contributed by atoms with Gasteiger partial charge in [-0.05, 0) is 52.7 Å². The van der Waals surface area contributed by atoms with Gasteiger partial charge in [0.1, 0.15) is 0 Å². The molecular formula is C18H28N2O2. The van der Waals surface area contributed by atoms with E-state index >= 15 is 0 Å². The van der Waals surface area contributed by atoms with Crippen LogP contribution in [0.2, 0.25) is 0 Å². The molecule has 1 N–H and O–H groups in total. The second-order valence-corrected chi connectivity index (χ2v) is 6.51. The van der Waals surface area contributed by atoms with Crippen molar-refractivity contribution in [1.82, 2.24) is 4.90 Å². The van der Waals surface area contributed by atoms with E-state index < -0.39 is 0 Å². The van der Waals surface area contributed by atoms with Gasteiger partial charge in [0.15, 0.2) is 0 Å². The van der Waals surface area contributed by atoms with Gasteiger partial charge in [0, 0.05) is 17.8 Å². The monoisotopic (exact) mass is 304 g/mol. The average molecular weight is 304 g/mol. The molecule has 1 amide bonds. The van der Waals surface area contributed by atoms with E-state index in [0.29, 0.717) is 6.54 Å². The van der Waals surface area contributed by atoms with Crippen LogP contribution < -0.4 is 5.32 Å². The number of hydrogen-bond donors (Lipinski definition) is 1. The number of carbonyl (C=O) groups excluding carboxylic acids is 1. The standard InChI is InChI=1S/C18H28N2O2/c1-11-8-7-9-12(2)18(11)19-17(21)10-20-13(3)15(5)22-16(6)14(20)4/h7-9,13-16H,10H2,1-6H3,(H,19,21). The van der Waals surface area contributed by atoms with Crippen LogP contribution in [0.3, 0.4) is 0 Å². The summed E-state index contributed by atoms with van der Waals surface area (Å²) in [4.78, 5) is 14.7.